The van der Waals surface area contributed by atoms with Crippen molar-refractivity contribution in [3.63, 3.8) is 0 Å². The summed E-state index contributed by atoms with van der Waals surface area (Å²) in [5, 5.41) is 0.302. The van der Waals surface area contributed by atoms with Crippen molar-refractivity contribution in [3.8, 4) is 0 Å². The van der Waals surface area contributed by atoms with E-state index in [9.17, 15) is 0 Å². The van der Waals surface area contributed by atoms with Crippen LogP contribution in [0.4, 0.5) is 4.11 Å². The van der Waals surface area contributed by atoms with E-state index < -0.39 is 24.6 Å². The molecule has 0 aromatic rings. The van der Waals surface area contributed by atoms with Crippen molar-refractivity contribution >= 4 is 40.5 Å². The number of halogens is 2. The van der Waals surface area contributed by atoms with E-state index >= 15 is 4.11 Å². The second-order valence-corrected chi connectivity index (χ2v) is 32.5. The molecule has 0 aliphatic rings. The maximum Gasteiger partial charge on any atom is 0.252 e. The van der Waals surface area contributed by atoms with Crippen molar-refractivity contribution in [1.29, 1.82) is 0 Å². The zero-order chi connectivity index (χ0) is 19.5. The van der Waals surface area contributed by atoms with Crippen LogP contribution in [0, 0.1) is 0 Å². The Balaban J connectivity index is 7.46. The molecular weight excluding hydrogens is 399 g/mol. The number of hydrogen-bond acceptors (Lipinski definition) is 0. The Hall–Kier alpha value is 1.06. The average Bonchev–Trinajstić information content (AvgIpc) is 2.05. The maximum absolute atomic E-state index is 16.2. The largest absolute Gasteiger partial charge is 0.314 e. The smallest absolute Gasteiger partial charge is 0.252 e. The van der Waals surface area contributed by atoms with Gasteiger partial charge in [-0.15, -0.1) is 0 Å². The molecule has 0 spiro atoms. The van der Waals surface area contributed by atoms with Gasteiger partial charge in [-0.3, -0.25) is 0 Å². The SMILES string of the molecule is CC(C)(C)[Si](C(C)(C)C)(C(C)(C)C)C(Br)([Si](C)(C)C)[Si](C)(C)F. The maximum atomic E-state index is 16.2. The Morgan fingerprint density at radius 2 is 0.826 bits per heavy atom. The van der Waals surface area contributed by atoms with E-state index in [-0.39, 0.29) is 18.3 Å². The van der Waals surface area contributed by atoms with Gasteiger partial charge in [-0.25, -0.2) is 0 Å². The van der Waals surface area contributed by atoms with E-state index in [1.165, 1.54) is 0 Å². The van der Waals surface area contributed by atoms with Crippen molar-refractivity contribution in [3.05, 3.63) is 0 Å². The first-order valence-electron chi connectivity index (χ1n) is 8.88. The van der Waals surface area contributed by atoms with Crippen LogP contribution in [0.15, 0.2) is 0 Å². The zero-order valence-electron chi connectivity index (χ0n) is 18.3. The number of hydrogen-bond donors (Lipinski definition) is 0. The lowest BCUT2D eigenvalue weighted by atomic mass is 10.2. The van der Waals surface area contributed by atoms with Crippen LogP contribution in [0.1, 0.15) is 62.3 Å². The molecule has 1 atom stereocenters. The highest BCUT2D eigenvalue weighted by Crippen LogP contribution is 2.71. The zero-order valence-corrected chi connectivity index (χ0v) is 22.8. The molecule has 0 saturated heterocycles. The third kappa shape index (κ3) is 3.37. The summed E-state index contributed by atoms with van der Waals surface area (Å²) in [5.41, 5.74) is 0. The summed E-state index contributed by atoms with van der Waals surface area (Å²) < 4.78 is 15.9. The normalized spacial score (nSPS) is 18.8. The average molecular weight is 442 g/mol. The lowest BCUT2D eigenvalue weighted by molar-refractivity contribution is 0.522. The van der Waals surface area contributed by atoms with Gasteiger partial charge in [0.2, 0.25) is 0 Å². The second kappa shape index (κ2) is 6.05. The van der Waals surface area contributed by atoms with Gasteiger partial charge < -0.3 is 4.11 Å². The molecule has 0 heterocycles. The van der Waals surface area contributed by atoms with E-state index in [1.54, 1.807) is 0 Å². The molecule has 0 radical (unpaired) electrons. The van der Waals surface area contributed by atoms with Crippen LogP contribution in [0.25, 0.3) is 0 Å². The van der Waals surface area contributed by atoms with Gasteiger partial charge >= 0.3 is 0 Å². The fourth-order valence-electron chi connectivity index (χ4n) is 6.83. The van der Waals surface area contributed by atoms with Gasteiger partial charge in [-0.1, -0.05) is 97.9 Å². The predicted octanol–water partition coefficient (Wildman–Crippen LogP) is 8.10. The van der Waals surface area contributed by atoms with Crippen LogP contribution in [0.2, 0.25) is 47.8 Å². The van der Waals surface area contributed by atoms with E-state index in [0.29, 0.717) is 0 Å². The molecule has 0 aromatic carbocycles. The molecule has 0 amide bonds. The van der Waals surface area contributed by atoms with Crippen LogP contribution in [0.3, 0.4) is 0 Å². The molecule has 5 heteroatoms. The fourth-order valence-corrected chi connectivity index (χ4v) is 44.0. The fraction of sp³-hybridized carbons (Fsp3) is 1.00. The minimum atomic E-state index is -2.97. The lowest BCUT2D eigenvalue weighted by Gasteiger charge is -2.71. The molecule has 0 aromatic heterocycles. The summed E-state index contributed by atoms with van der Waals surface area (Å²) in [5.74, 6) is 0. The molecule has 23 heavy (non-hydrogen) atoms. The van der Waals surface area contributed by atoms with Crippen LogP contribution in [0.5, 0.6) is 0 Å². The van der Waals surface area contributed by atoms with Gasteiger partial charge in [0.05, 0.1) is 16.1 Å². The summed E-state index contributed by atoms with van der Waals surface area (Å²) in [6.07, 6.45) is 0. The molecule has 140 valence electrons. The highest BCUT2D eigenvalue weighted by molar-refractivity contribution is 9.11. The predicted molar refractivity (Wildman–Crippen MR) is 118 cm³/mol. The lowest BCUT2D eigenvalue weighted by Crippen LogP contribution is -2.83. The monoisotopic (exact) mass is 440 g/mol. The van der Waals surface area contributed by atoms with Crippen molar-refractivity contribution in [2.75, 3.05) is 0 Å². The molecule has 0 bridgehead atoms. The minimum absolute atomic E-state index is 0.101. The van der Waals surface area contributed by atoms with Crippen LogP contribution in [-0.2, 0) is 0 Å². The molecule has 0 N–H and O–H groups in total. The second-order valence-electron chi connectivity index (χ2n) is 11.9. The summed E-state index contributed by atoms with van der Waals surface area (Å²) in [6.45, 7) is 32.5. The van der Waals surface area contributed by atoms with Gasteiger partial charge in [-0.2, -0.15) is 0 Å². The van der Waals surface area contributed by atoms with E-state index in [0.717, 1.165) is 0 Å². The molecule has 0 aliphatic heterocycles. The van der Waals surface area contributed by atoms with Crippen LogP contribution >= 0.6 is 15.9 Å². The molecule has 0 saturated carbocycles. The Bertz CT molecular complexity index is 376. The van der Waals surface area contributed by atoms with E-state index in [1.807, 2.05) is 13.1 Å². The quantitative estimate of drug-likeness (QED) is 0.236. The van der Waals surface area contributed by atoms with E-state index in [4.69, 9.17) is 0 Å². The Morgan fingerprint density at radius 1 is 0.609 bits per heavy atom. The molecular formula is C18H42BrFSi3. The van der Waals surface area contributed by atoms with Crippen LogP contribution < -0.4 is 0 Å². The standard InChI is InChI=1S/C18H42BrFSi3/c1-15(2,3)23(16(4,5)6,17(7,8)9)18(19,21(10,11)12)22(13,14)20/h1-14H3. The highest BCUT2D eigenvalue weighted by atomic mass is 79.9. The number of alkyl halides is 1. The molecule has 0 rings (SSSR count). The van der Waals surface area contributed by atoms with Crippen molar-refractivity contribution in [2.45, 2.75) is 113 Å². The van der Waals surface area contributed by atoms with Gasteiger partial charge in [0, 0.05) is 3.19 Å². The summed E-state index contributed by atoms with van der Waals surface area (Å²) in [6, 6.07) is 0. The van der Waals surface area contributed by atoms with E-state index in [2.05, 4.69) is 97.9 Å². The number of rotatable bonds is 3. The first-order chi connectivity index (χ1) is 9.50. The Kier molecular flexibility index (Phi) is 6.33. The highest BCUT2D eigenvalue weighted by Gasteiger charge is 2.77. The van der Waals surface area contributed by atoms with Crippen molar-refractivity contribution in [2.24, 2.45) is 0 Å². The molecule has 1 unspecified atom stereocenters. The topological polar surface area (TPSA) is 0 Å². The van der Waals surface area contributed by atoms with Crippen LogP contribution in [-0.4, -0.2) is 27.7 Å². The van der Waals surface area contributed by atoms with Gasteiger partial charge in [0.25, 0.3) is 8.41 Å². The summed E-state index contributed by atoms with van der Waals surface area (Å²) >= 11 is 4.27. The van der Waals surface area contributed by atoms with Gasteiger partial charge in [-0.05, 0) is 28.2 Å². The molecule has 0 fully saturated rings. The summed E-state index contributed by atoms with van der Waals surface area (Å²) in [7, 11) is -7.08. The summed E-state index contributed by atoms with van der Waals surface area (Å²) in [4.78, 5) is 0. The van der Waals surface area contributed by atoms with Crippen molar-refractivity contribution in [1.82, 2.24) is 0 Å². The molecule has 0 nitrogen and oxygen atoms in total. The third-order valence-corrected chi connectivity index (χ3v) is 35.7. The molecule has 0 aliphatic carbocycles. The Labute approximate surface area is 157 Å². The minimum Gasteiger partial charge on any atom is -0.314 e. The Morgan fingerprint density at radius 3 is 0.870 bits per heavy atom. The third-order valence-electron chi connectivity index (χ3n) is 5.74. The van der Waals surface area contributed by atoms with Gasteiger partial charge in [0.15, 0.2) is 0 Å². The first-order valence-corrected chi connectivity index (χ1v) is 18.0. The van der Waals surface area contributed by atoms with Crippen molar-refractivity contribution < 1.29 is 4.11 Å². The van der Waals surface area contributed by atoms with Gasteiger partial charge in [0.1, 0.15) is 0 Å². The first kappa shape index (κ1) is 24.1.